The number of aromatic nitrogens is 2. The second-order valence-corrected chi connectivity index (χ2v) is 5.85. The molecule has 1 atom stereocenters. The van der Waals surface area contributed by atoms with Gasteiger partial charge in [-0.3, -0.25) is 4.79 Å². The van der Waals surface area contributed by atoms with Gasteiger partial charge in [0.2, 0.25) is 0 Å². The molecule has 1 aromatic rings. The van der Waals surface area contributed by atoms with E-state index in [2.05, 4.69) is 29.6 Å². The van der Waals surface area contributed by atoms with Crippen LogP contribution < -0.4 is 10.5 Å². The summed E-state index contributed by atoms with van der Waals surface area (Å²) >= 11 is 4.17. The van der Waals surface area contributed by atoms with Crippen molar-refractivity contribution in [3.63, 3.8) is 0 Å². The molecule has 2 rings (SSSR count). The largest absolute Gasteiger partial charge is 0.370 e. The Hall–Kier alpha value is -0.970. The lowest BCUT2D eigenvalue weighted by Crippen LogP contribution is -2.35. The van der Waals surface area contributed by atoms with Gasteiger partial charge < -0.3 is 4.90 Å². The second-order valence-electron chi connectivity index (χ2n) is 5.40. The van der Waals surface area contributed by atoms with Crippen LogP contribution in [0.2, 0.25) is 0 Å². The Balaban J connectivity index is 2.03. The van der Waals surface area contributed by atoms with Crippen molar-refractivity contribution in [3.05, 3.63) is 22.6 Å². The van der Waals surface area contributed by atoms with Crippen molar-refractivity contribution in [2.45, 2.75) is 39.2 Å². The first-order valence-corrected chi connectivity index (χ1v) is 7.77. The molecule has 0 saturated carbocycles. The Kier molecular flexibility index (Phi) is 5.31. The van der Waals surface area contributed by atoms with Crippen molar-refractivity contribution in [2.75, 3.05) is 23.7 Å². The van der Waals surface area contributed by atoms with E-state index in [0.29, 0.717) is 12.5 Å². The van der Waals surface area contributed by atoms with Crippen LogP contribution in [-0.2, 0) is 6.54 Å². The molecule has 1 fully saturated rings. The Morgan fingerprint density at radius 2 is 2.32 bits per heavy atom. The third kappa shape index (κ3) is 4.00. The summed E-state index contributed by atoms with van der Waals surface area (Å²) in [6, 6.07) is 1.73. The normalized spacial score (nSPS) is 19.7. The lowest BCUT2D eigenvalue weighted by Gasteiger charge is -2.32. The highest BCUT2D eigenvalue weighted by atomic mass is 32.1. The van der Waals surface area contributed by atoms with Gasteiger partial charge >= 0.3 is 0 Å². The molecule has 1 unspecified atom stereocenters. The Bertz CT molecular complexity index is 460. The number of nitrogens with zero attached hydrogens (tertiary/aromatic N) is 3. The maximum Gasteiger partial charge on any atom is 0.268 e. The van der Waals surface area contributed by atoms with Gasteiger partial charge in [-0.2, -0.15) is 17.7 Å². The van der Waals surface area contributed by atoms with Crippen LogP contribution in [-0.4, -0.2) is 28.6 Å². The van der Waals surface area contributed by atoms with E-state index in [9.17, 15) is 4.79 Å². The molecule has 4 nitrogen and oxygen atoms in total. The topological polar surface area (TPSA) is 38.1 Å². The van der Waals surface area contributed by atoms with Gasteiger partial charge in [0.15, 0.2) is 0 Å². The molecule has 0 spiro atoms. The summed E-state index contributed by atoms with van der Waals surface area (Å²) in [6.45, 7) is 5.02. The molecule has 0 radical (unpaired) electrons. The summed E-state index contributed by atoms with van der Waals surface area (Å²) in [7, 11) is 0. The maximum atomic E-state index is 12.0. The minimum absolute atomic E-state index is 0.00916. The molecule has 19 heavy (non-hydrogen) atoms. The van der Waals surface area contributed by atoms with Gasteiger partial charge in [0.1, 0.15) is 0 Å². The van der Waals surface area contributed by atoms with E-state index in [1.54, 1.807) is 10.7 Å². The van der Waals surface area contributed by atoms with Crippen molar-refractivity contribution >= 4 is 18.3 Å². The number of anilines is 1. The van der Waals surface area contributed by atoms with Crippen LogP contribution in [0.4, 0.5) is 5.69 Å². The number of piperidine rings is 1. The quantitative estimate of drug-likeness (QED) is 0.664. The number of rotatable bonds is 5. The van der Waals surface area contributed by atoms with E-state index in [0.717, 1.165) is 37.4 Å². The third-order valence-electron chi connectivity index (χ3n) is 3.66. The molecule has 0 N–H and O–H groups in total. The highest BCUT2D eigenvalue weighted by Crippen LogP contribution is 2.20. The standard InChI is InChI=1S/C14H23N3OS/c1-12-5-4-6-16(11-12)13-9-14(18)17(15-10-13)7-2-3-8-19/h9-10,12,19H,2-8,11H2,1H3. The smallest absolute Gasteiger partial charge is 0.268 e. The van der Waals surface area contributed by atoms with Gasteiger partial charge in [0.05, 0.1) is 11.9 Å². The van der Waals surface area contributed by atoms with Gasteiger partial charge in [-0.25, -0.2) is 4.68 Å². The third-order valence-corrected chi connectivity index (χ3v) is 3.97. The number of unbranched alkanes of at least 4 members (excludes halogenated alkanes) is 1. The van der Waals surface area contributed by atoms with Crippen molar-refractivity contribution in [3.8, 4) is 0 Å². The van der Waals surface area contributed by atoms with Gasteiger partial charge in [-0.05, 0) is 37.4 Å². The Morgan fingerprint density at radius 3 is 3.00 bits per heavy atom. The highest BCUT2D eigenvalue weighted by molar-refractivity contribution is 7.80. The first-order chi connectivity index (χ1) is 9.20. The first-order valence-electron chi connectivity index (χ1n) is 7.13. The minimum atomic E-state index is 0.00916. The molecule has 1 saturated heterocycles. The minimum Gasteiger partial charge on any atom is -0.370 e. The lowest BCUT2D eigenvalue weighted by molar-refractivity contribution is 0.445. The van der Waals surface area contributed by atoms with Crippen LogP contribution in [0.3, 0.4) is 0 Å². The average Bonchev–Trinajstić information content (AvgIpc) is 2.41. The summed E-state index contributed by atoms with van der Waals surface area (Å²) in [4.78, 5) is 14.3. The molecule has 0 amide bonds. The Morgan fingerprint density at radius 1 is 1.47 bits per heavy atom. The average molecular weight is 281 g/mol. The van der Waals surface area contributed by atoms with Crippen LogP contribution >= 0.6 is 12.6 Å². The molecule has 5 heteroatoms. The van der Waals surface area contributed by atoms with Crippen LogP contribution in [0, 0.1) is 5.92 Å². The van der Waals surface area contributed by atoms with Crippen LogP contribution in [0.5, 0.6) is 0 Å². The van der Waals surface area contributed by atoms with Crippen LogP contribution in [0.25, 0.3) is 0 Å². The van der Waals surface area contributed by atoms with E-state index >= 15 is 0 Å². The summed E-state index contributed by atoms with van der Waals surface area (Å²) < 4.78 is 1.56. The number of aryl methyl sites for hydroxylation is 1. The lowest BCUT2D eigenvalue weighted by atomic mass is 10.00. The molecule has 106 valence electrons. The molecule has 0 aliphatic carbocycles. The SMILES string of the molecule is CC1CCCN(c2cnn(CCCCS)c(=O)c2)C1. The van der Waals surface area contributed by atoms with Gasteiger partial charge in [-0.15, -0.1) is 0 Å². The number of hydrogen-bond acceptors (Lipinski definition) is 4. The summed E-state index contributed by atoms with van der Waals surface area (Å²) in [6.07, 6.45) is 6.29. The zero-order chi connectivity index (χ0) is 13.7. The van der Waals surface area contributed by atoms with Crippen molar-refractivity contribution in [2.24, 2.45) is 5.92 Å². The van der Waals surface area contributed by atoms with Crippen molar-refractivity contribution in [1.82, 2.24) is 9.78 Å². The molecule has 0 bridgehead atoms. The summed E-state index contributed by atoms with van der Waals surface area (Å²) in [5.74, 6) is 1.56. The molecular formula is C14H23N3OS. The molecule has 2 heterocycles. The molecule has 1 aliphatic heterocycles. The second kappa shape index (κ2) is 6.98. The zero-order valence-electron chi connectivity index (χ0n) is 11.6. The predicted molar refractivity (Wildman–Crippen MR) is 82.2 cm³/mol. The fraction of sp³-hybridized carbons (Fsp3) is 0.714. The predicted octanol–water partition coefficient (Wildman–Crippen LogP) is 2.19. The molecular weight excluding hydrogens is 258 g/mol. The van der Waals surface area contributed by atoms with E-state index in [1.165, 1.54) is 12.8 Å². The highest BCUT2D eigenvalue weighted by Gasteiger charge is 2.17. The van der Waals surface area contributed by atoms with E-state index in [4.69, 9.17) is 0 Å². The fourth-order valence-corrected chi connectivity index (χ4v) is 2.79. The van der Waals surface area contributed by atoms with Crippen molar-refractivity contribution in [1.29, 1.82) is 0 Å². The molecule has 0 aromatic carbocycles. The molecule has 1 aromatic heterocycles. The van der Waals surface area contributed by atoms with Gasteiger partial charge in [-0.1, -0.05) is 6.92 Å². The van der Waals surface area contributed by atoms with E-state index in [-0.39, 0.29) is 5.56 Å². The summed E-state index contributed by atoms with van der Waals surface area (Å²) in [5, 5.41) is 4.29. The first kappa shape index (κ1) is 14.4. The Labute approximate surface area is 120 Å². The fourth-order valence-electron chi connectivity index (χ4n) is 2.56. The number of hydrogen-bond donors (Lipinski definition) is 1. The summed E-state index contributed by atoms with van der Waals surface area (Å²) in [5.41, 5.74) is 0.983. The van der Waals surface area contributed by atoms with Crippen molar-refractivity contribution < 1.29 is 0 Å². The van der Waals surface area contributed by atoms with Gasteiger partial charge in [0.25, 0.3) is 5.56 Å². The zero-order valence-corrected chi connectivity index (χ0v) is 12.5. The maximum absolute atomic E-state index is 12.0. The van der Waals surface area contributed by atoms with E-state index in [1.807, 2.05) is 6.20 Å². The number of thiol groups is 1. The monoisotopic (exact) mass is 281 g/mol. The van der Waals surface area contributed by atoms with Gasteiger partial charge in [0, 0.05) is 25.7 Å². The molecule has 1 aliphatic rings. The van der Waals surface area contributed by atoms with Crippen LogP contribution in [0.15, 0.2) is 17.1 Å². The van der Waals surface area contributed by atoms with E-state index < -0.39 is 0 Å². The van der Waals surface area contributed by atoms with Crippen LogP contribution in [0.1, 0.15) is 32.6 Å².